The number of nitrogens with two attached hydrogens (primary N) is 1. The Morgan fingerprint density at radius 1 is 1.17 bits per heavy atom. The van der Waals surface area contributed by atoms with Gasteiger partial charge in [-0.25, -0.2) is 14.8 Å². The number of nitrogen functional groups attached to an aromatic ring is 1. The summed E-state index contributed by atoms with van der Waals surface area (Å²) in [6.07, 6.45) is 1.40. The fraction of sp³-hybridized carbons (Fsp3) is 0.0833. The molecule has 2 N–H and O–H groups in total. The highest BCUT2D eigenvalue weighted by Gasteiger charge is 2.12. The minimum Gasteiger partial charge on any atom is -0.497 e. The number of methoxy groups -OCH3 is 1. The second-order valence-corrected chi connectivity index (χ2v) is 3.37. The van der Waals surface area contributed by atoms with E-state index in [2.05, 4.69) is 9.97 Å². The number of anilines is 1. The molecule has 2 aromatic rings. The van der Waals surface area contributed by atoms with Crippen LogP contribution >= 0.6 is 0 Å². The molecular formula is C12H11N3O3. The quantitative estimate of drug-likeness (QED) is 0.647. The van der Waals surface area contributed by atoms with Crippen LogP contribution in [0.2, 0.25) is 0 Å². The molecule has 0 spiro atoms. The summed E-state index contributed by atoms with van der Waals surface area (Å²) in [7, 11) is 1.56. The molecule has 0 unspecified atom stereocenters. The highest BCUT2D eigenvalue weighted by molar-refractivity contribution is 5.87. The van der Waals surface area contributed by atoms with Crippen LogP contribution in [0.25, 0.3) is 0 Å². The van der Waals surface area contributed by atoms with Gasteiger partial charge in [0.05, 0.1) is 7.11 Å². The lowest BCUT2D eigenvalue weighted by Gasteiger charge is -2.04. The third-order valence-electron chi connectivity index (χ3n) is 2.13. The van der Waals surface area contributed by atoms with Crippen LogP contribution in [0.3, 0.4) is 0 Å². The zero-order valence-corrected chi connectivity index (χ0v) is 9.66. The molecule has 0 fully saturated rings. The summed E-state index contributed by atoms with van der Waals surface area (Å²) in [5.74, 6) is 0.534. The molecule has 0 saturated carbocycles. The maximum Gasteiger partial charge on any atom is 0.381 e. The van der Waals surface area contributed by atoms with Crippen LogP contribution in [-0.4, -0.2) is 23.0 Å². The van der Waals surface area contributed by atoms with Gasteiger partial charge in [0.25, 0.3) is 0 Å². The number of esters is 1. The van der Waals surface area contributed by atoms with Crippen molar-refractivity contribution in [3.8, 4) is 11.5 Å². The number of carbonyl (C=O) groups is 1. The van der Waals surface area contributed by atoms with Crippen molar-refractivity contribution in [1.82, 2.24) is 9.97 Å². The third kappa shape index (κ3) is 2.73. The third-order valence-corrected chi connectivity index (χ3v) is 2.13. The summed E-state index contributed by atoms with van der Waals surface area (Å²) < 4.78 is 10.1. The Kier molecular flexibility index (Phi) is 3.38. The summed E-state index contributed by atoms with van der Waals surface area (Å²) >= 11 is 0. The Bertz CT molecular complexity index is 555. The number of carbonyl (C=O) groups excluding carboxylic acids is 1. The van der Waals surface area contributed by atoms with Gasteiger partial charge >= 0.3 is 5.97 Å². The van der Waals surface area contributed by atoms with E-state index in [9.17, 15) is 4.79 Å². The number of ether oxygens (including phenoxy) is 2. The van der Waals surface area contributed by atoms with Crippen molar-refractivity contribution in [3.05, 3.63) is 42.4 Å². The van der Waals surface area contributed by atoms with Crippen molar-refractivity contribution in [2.75, 3.05) is 12.8 Å². The highest BCUT2D eigenvalue weighted by atomic mass is 16.5. The summed E-state index contributed by atoms with van der Waals surface area (Å²) in [6, 6.07) is 8.09. The van der Waals surface area contributed by atoms with E-state index in [0.717, 1.165) is 0 Å². The van der Waals surface area contributed by atoms with Crippen molar-refractivity contribution in [1.29, 1.82) is 0 Å². The van der Waals surface area contributed by atoms with Gasteiger partial charge in [-0.05, 0) is 30.3 Å². The van der Waals surface area contributed by atoms with Gasteiger partial charge in [-0.3, -0.25) is 0 Å². The van der Waals surface area contributed by atoms with Crippen LogP contribution in [0.15, 0.2) is 36.5 Å². The van der Waals surface area contributed by atoms with Crippen LogP contribution in [0.5, 0.6) is 11.5 Å². The second kappa shape index (κ2) is 5.13. The van der Waals surface area contributed by atoms with Gasteiger partial charge in [0.2, 0.25) is 5.82 Å². The minimum atomic E-state index is -0.660. The van der Waals surface area contributed by atoms with Gasteiger partial charge in [0, 0.05) is 6.20 Å². The zero-order chi connectivity index (χ0) is 13.0. The number of nitrogens with zero attached hydrogens (tertiary/aromatic N) is 2. The lowest BCUT2D eigenvalue weighted by molar-refractivity contribution is 0.0722. The van der Waals surface area contributed by atoms with E-state index in [1.165, 1.54) is 12.3 Å². The number of hydrogen-bond acceptors (Lipinski definition) is 6. The average molecular weight is 245 g/mol. The second-order valence-electron chi connectivity index (χ2n) is 3.37. The van der Waals surface area contributed by atoms with Crippen LogP contribution in [0.1, 0.15) is 10.6 Å². The predicted octanol–water partition coefficient (Wildman–Crippen LogP) is 1.29. The van der Waals surface area contributed by atoms with Gasteiger partial charge in [-0.15, -0.1) is 0 Å². The first kappa shape index (κ1) is 11.8. The van der Waals surface area contributed by atoms with Crippen molar-refractivity contribution in [2.24, 2.45) is 0 Å². The Morgan fingerprint density at radius 3 is 2.44 bits per heavy atom. The monoisotopic (exact) mass is 245 g/mol. The zero-order valence-electron chi connectivity index (χ0n) is 9.66. The van der Waals surface area contributed by atoms with Crippen molar-refractivity contribution >= 4 is 11.8 Å². The fourth-order valence-corrected chi connectivity index (χ4v) is 1.27. The molecule has 6 heteroatoms. The Hall–Kier alpha value is -2.63. The smallest absolute Gasteiger partial charge is 0.381 e. The van der Waals surface area contributed by atoms with Gasteiger partial charge < -0.3 is 15.2 Å². The molecule has 6 nitrogen and oxygen atoms in total. The van der Waals surface area contributed by atoms with Crippen LogP contribution in [0.4, 0.5) is 5.82 Å². The van der Waals surface area contributed by atoms with Crippen LogP contribution in [-0.2, 0) is 0 Å². The van der Waals surface area contributed by atoms with Gasteiger partial charge in [-0.1, -0.05) is 0 Å². The molecule has 18 heavy (non-hydrogen) atoms. The molecule has 1 heterocycles. The molecule has 2 rings (SSSR count). The lowest BCUT2D eigenvalue weighted by Crippen LogP contribution is -2.13. The maximum atomic E-state index is 11.7. The standard InChI is InChI=1S/C12H11N3O3/c1-17-8-2-4-9(5-3-8)18-12(16)11-14-7-6-10(13)15-11/h2-7H,1H3,(H2,13,14,15). The molecule has 0 radical (unpaired) electrons. The molecule has 0 amide bonds. The Morgan fingerprint density at radius 2 is 1.83 bits per heavy atom. The molecule has 0 aliphatic carbocycles. The topological polar surface area (TPSA) is 87.3 Å². The largest absolute Gasteiger partial charge is 0.497 e. The summed E-state index contributed by atoms with van der Waals surface area (Å²) in [6.45, 7) is 0. The molecule has 0 atom stereocenters. The lowest BCUT2D eigenvalue weighted by atomic mass is 10.3. The highest BCUT2D eigenvalue weighted by Crippen LogP contribution is 2.17. The van der Waals surface area contributed by atoms with E-state index in [1.54, 1.807) is 31.4 Å². The van der Waals surface area contributed by atoms with Gasteiger partial charge in [-0.2, -0.15) is 0 Å². The van der Waals surface area contributed by atoms with E-state index < -0.39 is 5.97 Å². The summed E-state index contributed by atoms with van der Waals surface area (Å²) in [5.41, 5.74) is 5.45. The molecule has 0 saturated heterocycles. The first-order valence-corrected chi connectivity index (χ1v) is 5.14. The van der Waals surface area contributed by atoms with E-state index >= 15 is 0 Å². The first-order valence-electron chi connectivity index (χ1n) is 5.14. The predicted molar refractivity (Wildman–Crippen MR) is 64.4 cm³/mol. The fourth-order valence-electron chi connectivity index (χ4n) is 1.27. The van der Waals surface area contributed by atoms with Gasteiger partial charge in [0.1, 0.15) is 17.3 Å². The molecule has 0 aliphatic rings. The van der Waals surface area contributed by atoms with Crippen molar-refractivity contribution in [2.45, 2.75) is 0 Å². The molecule has 1 aromatic heterocycles. The normalized spacial score (nSPS) is 9.83. The first-order chi connectivity index (χ1) is 8.69. The number of hydrogen-bond donors (Lipinski definition) is 1. The van der Waals surface area contributed by atoms with Crippen molar-refractivity contribution < 1.29 is 14.3 Å². The van der Waals surface area contributed by atoms with E-state index in [0.29, 0.717) is 11.5 Å². The van der Waals surface area contributed by atoms with E-state index in [-0.39, 0.29) is 11.6 Å². The molecule has 1 aromatic carbocycles. The molecule has 0 aliphatic heterocycles. The summed E-state index contributed by atoms with van der Waals surface area (Å²) in [4.78, 5) is 19.2. The average Bonchev–Trinajstić information content (AvgIpc) is 2.39. The molecule has 0 bridgehead atoms. The Balaban J connectivity index is 2.11. The van der Waals surface area contributed by atoms with Crippen molar-refractivity contribution in [3.63, 3.8) is 0 Å². The SMILES string of the molecule is COc1ccc(OC(=O)c2nccc(N)n2)cc1. The maximum absolute atomic E-state index is 11.7. The van der Waals surface area contributed by atoms with Crippen LogP contribution < -0.4 is 15.2 Å². The van der Waals surface area contributed by atoms with E-state index in [4.69, 9.17) is 15.2 Å². The Labute approximate surface area is 103 Å². The molecule has 92 valence electrons. The number of rotatable bonds is 3. The van der Waals surface area contributed by atoms with Gasteiger partial charge in [0.15, 0.2) is 0 Å². The number of benzene rings is 1. The summed E-state index contributed by atoms with van der Waals surface area (Å²) in [5, 5.41) is 0. The number of aromatic nitrogens is 2. The molecular weight excluding hydrogens is 234 g/mol. The minimum absolute atomic E-state index is 0.0779. The van der Waals surface area contributed by atoms with E-state index in [1.807, 2.05) is 0 Å². The van der Waals surface area contributed by atoms with Crippen LogP contribution in [0, 0.1) is 0 Å².